The van der Waals surface area contributed by atoms with Crippen LogP contribution < -0.4 is 4.74 Å². The second-order valence-corrected chi connectivity index (χ2v) is 8.07. The number of alkyl halides is 3. The van der Waals surface area contributed by atoms with E-state index in [0.717, 1.165) is 17.7 Å². The number of rotatable bonds is 8. The van der Waals surface area contributed by atoms with Crippen molar-refractivity contribution in [1.82, 2.24) is 4.90 Å². The first kappa shape index (κ1) is 25.9. The number of benzene rings is 2. The Morgan fingerprint density at radius 3 is 2.21 bits per heavy atom. The molecule has 11 heteroatoms. The van der Waals surface area contributed by atoms with E-state index in [1.807, 2.05) is 0 Å². The molecule has 1 aliphatic rings. The molecule has 1 aliphatic heterocycles. The molecule has 4 N–H and O–H groups in total. The number of aliphatic hydroxyl groups is 3. The zero-order valence-electron chi connectivity index (χ0n) is 18.2. The fraction of sp³-hybridized carbons (Fsp3) is 0.435. The summed E-state index contributed by atoms with van der Waals surface area (Å²) in [4.78, 5) is 12.8. The summed E-state index contributed by atoms with van der Waals surface area (Å²) < 4.78 is 49.8. The van der Waals surface area contributed by atoms with Crippen LogP contribution in [0, 0.1) is 0 Å². The summed E-state index contributed by atoms with van der Waals surface area (Å²) in [6.07, 6.45) is -12.8. The largest absolute Gasteiger partial charge is 0.486 e. The normalized spacial score (nSPS) is 26.3. The van der Waals surface area contributed by atoms with Crippen molar-refractivity contribution in [2.24, 2.45) is 0 Å². The van der Waals surface area contributed by atoms with Crippen LogP contribution in [-0.2, 0) is 15.7 Å². The number of aliphatic carboxylic acids is 1. The fourth-order valence-corrected chi connectivity index (χ4v) is 3.73. The molecule has 0 aromatic heterocycles. The number of aliphatic hydroxyl groups excluding tert-OH is 3. The molecule has 0 saturated carbocycles. The van der Waals surface area contributed by atoms with Crippen LogP contribution in [0.2, 0.25) is 0 Å². The zero-order valence-corrected chi connectivity index (χ0v) is 18.2. The molecule has 0 spiro atoms. The Kier molecular flexibility index (Phi) is 8.16. The molecule has 1 fully saturated rings. The molecule has 34 heavy (non-hydrogen) atoms. The number of carboxylic acid groups (broad SMARTS) is 1. The Hall–Kier alpha value is -2.70. The molecule has 6 atom stereocenters. The van der Waals surface area contributed by atoms with Crippen molar-refractivity contribution in [2.45, 2.75) is 49.3 Å². The summed E-state index contributed by atoms with van der Waals surface area (Å²) in [6.45, 7) is 0.192. The van der Waals surface area contributed by atoms with Crippen molar-refractivity contribution in [1.29, 1.82) is 0 Å². The minimum atomic E-state index is -4.47. The molecule has 0 amide bonds. The van der Waals surface area contributed by atoms with Gasteiger partial charge in [0, 0.05) is 13.0 Å². The molecule has 3 rings (SSSR count). The average molecular weight is 485 g/mol. The van der Waals surface area contributed by atoms with Gasteiger partial charge in [0.15, 0.2) is 6.10 Å². The van der Waals surface area contributed by atoms with Gasteiger partial charge in [0.1, 0.15) is 36.4 Å². The van der Waals surface area contributed by atoms with Gasteiger partial charge in [-0.3, -0.25) is 4.90 Å². The minimum absolute atomic E-state index is 0.192. The predicted molar refractivity (Wildman–Crippen MR) is 113 cm³/mol. The maximum atomic E-state index is 12.8. The van der Waals surface area contributed by atoms with Crippen LogP contribution in [-0.4, -0.2) is 75.5 Å². The number of likely N-dealkylation sites (N-methyl/N-ethyl adjacent to an activating group) is 1. The highest BCUT2D eigenvalue weighted by atomic mass is 19.4. The van der Waals surface area contributed by atoms with Gasteiger partial charge in [0.2, 0.25) is 0 Å². The van der Waals surface area contributed by atoms with Crippen LogP contribution in [0.25, 0.3) is 0 Å². The third-order valence-electron chi connectivity index (χ3n) is 5.64. The highest BCUT2D eigenvalue weighted by molar-refractivity contribution is 5.73. The Balaban J connectivity index is 1.72. The smallest absolute Gasteiger partial charge is 0.416 e. The van der Waals surface area contributed by atoms with Gasteiger partial charge >= 0.3 is 12.1 Å². The van der Waals surface area contributed by atoms with Crippen molar-refractivity contribution in [2.75, 3.05) is 13.6 Å². The van der Waals surface area contributed by atoms with Gasteiger partial charge < -0.3 is 29.9 Å². The second-order valence-electron chi connectivity index (χ2n) is 8.07. The van der Waals surface area contributed by atoms with Gasteiger partial charge in [0.05, 0.1) is 5.56 Å². The molecule has 2 aromatic rings. The summed E-state index contributed by atoms with van der Waals surface area (Å²) in [5, 5.41) is 39.4. The van der Waals surface area contributed by atoms with Crippen LogP contribution >= 0.6 is 0 Å². The van der Waals surface area contributed by atoms with Gasteiger partial charge in [-0.2, -0.15) is 13.2 Å². The maximum absolute atomic E-state index is 12.8. The number of halogens is 3. The van der Waals surface area contributed by atoms with E-state index in [1.165, 1.54) is 24.1 Å². The summed E-state index contributed by atoms with van der Waals surface area (Å²) in [5.41, 5.74) is -0.0483. The lowest BCUT2D eigenvalue weighted by atomic mass is 9.97. The fourth-order valence-electron chi connectivity index (χ4n) is 3.73. The number of hydrogen-bond donors (Lipinski definition) is 4. The van der Waals surface area contributed by atoms with Crippen LogP contribution in [0.3, 0.4) is 0 Å². The Labute approximate surface area is 193 Å². The molecule has 6 unspecified atom stereocenters. The van der Waals surface area contributed by atoms with Crippen LogP contribution in [0.15, 0.2) is 54.6 Å². The number of hydrogen-bond acceptors (Lipinski definition) is 7. The van der Waals surface area contributed by atoms with E-state index in [2.05, 4.69) is 0 Å². The molecule has 1 heterocycles. The van der Waals surface area contributed by atoms with Crippen molar-refractivity contribution in [3.8, 4) is 5.75 Å². The summed E-state index contributed by atoms with van der Waals surface area (Å²) in [5.74, 6) is -1.26. The van der Waals surface area contributed by atoms with Gasteiger partial charge in [-0.1, -0.05) is 30.3 Å². The number of carboxylic acids is 1. The predicted octanol–water partition coefficient (Wildman–Crippen LogP) is 2.04. The highest BCUT2D eigenvalue weighted by Gasteiger charge is 2.48. The Bertz CT molecular complexity index is 942. The van der Waals surface area contributed by atoms with E-state index in [1.54, 1.807) is 30.3 Å². The summed E-state index contributed by atoms with van der Waals surface area (Å²) in [6, 6.07) is 13.3. The van der Waals surface area contributed by atoms with Gasteiger partial charge in [-0.25, -0.2) is 4.79 Å². The van der Waals surface area contributed by atoms with Crippen molar-refractivity contribution in [3.05, 3.63) is 65.7 Å². The SMILES string of the molecule is CN(CCC(Oc1ccc(C(F)(F)F)cc1)c1ccccc1)C1OC(C(=O)O)C(O)C(O)C1O. The molecule has 8 nitrogen and oxygen atoms in total. The Morgan fingerprint density at radius 2 is 1.65 bits per heavy atom. The van der Waals surface area contributed by atoms with Crippen molar-refractivity contribution >= 4 is 5.97 Å². The van der Waals surface area contributed by atoms with E-state index in [4.69, 9.17) is 9.47 Å². The number of carbonyl (C=O) groups is 1. The van der Waals surface area contributed by atoms with Gasteiger partial charge in [0.25, 0.3) is 0 Å². The lowest BCUT2D eigenvalue weighted by molar-refractivity contribution is -0.256. The third-order valence-corrected chi connectivity index (χ3v) is 5.64. The van der Waals surface area contributed by atoms with Crippen LogP contribution in [0.1, 0.15) is 23.7 Å². The molecule has 2 aromatic carbocycles. The average Bonchev–Trinajstić information content (AvgIpc) is 2.80. The van der Waals surface area contributed by atoms with E-state index in [9.17, 15) is 38.4 Å². The van der Waals surface area contributed by atoms with E-state index in [-0.39, 0.29) is 18.7 Å². The third kappa shape index (κ3) is 6.05. The number of nitrogens with zero attached hydrogens (tertiary/aromatic N) is 1. The quantitative estimate of drug-likeness (QED) is 0.449. The monoisotopic (exact) mass is 485 g/mol. The first-order valence-electron chi connectivity index (χ1n) is 10.5. The molecule has 0 aliphatic carbocycles. The highest BCUT2D eigenvalue weighted by Crippen LogP contribution is 2.32. The maximum Gasteiger partial charge on any atom is 0.416 e. The molecule has 0 bridgehead atoms. The lowest BCUT2D eigenvalue weighted by Gasteiger charge is -2.42. The van der Waals surface area contributed by atoms with Gasteiger partial charge in [-0.15, -0.1) is 0 Å². The van der Waals surface area contributed by atoms with Crippen LogP contribution in [0.4, 0.5) is 13.2 Å². The first-order valence-corrected chi connectivity index (χ1v) is 10.5. The summed E-state index contributed by atoms with van der Waals surface area (Å²) in [7, 11) is 1.54. The molecular weight excluding hydrogens is 459 g/mol. The molecule has 0 radical (unpaired) electrons. The topological polar surface area (TPSA) is 120 Å². The Morgan fingerprint density at radius 1 is 1.03 bits per heavy atom. The molecule has 186 valence electrons. The minimum Gasteiger partial charge on any atom is -0.486 e. The molecular formula is C23H26F3NO7. The van der Waals surface area contributed by atoms with E-state index in [0.29, 0.717) is 0 Å². The lowest BCUT2D eigenvalue weighted by Crippen LogP contribution is -2.63. The van der Waals surface area contributed by atoms with E-state index >= 15 is 0 Å². The summed E-state index contributed by atoms with van der Waals surface area (Å²) >= 11 is 0. The van der Waals surface area contributed by atoms with Gasteiger partial charge in [-0.05, 0) is 36.9 Å². The molecule has 1 saturated heterocycles. The first-order chi connectivity index (χ1) is 16.0. The van der Waals surface area contributed by atoms with E-state index < -0.39 is 54.5 Å². The second kappa shape index (κ2) is 10.7. The number of ether oxygens (including phenoxy) is 2. The van der Waals surface area contributed by atoms with Crippen LogP contribution in [0.5, 0.6) is 5.75 Å². The van der Waals surface area contributed by atoms with Crippen molar-refractivity contribution < 1.29 is 47.9 Å². The van der Waals surface area contributed by atoms with Crippen molar-refractivity contribution in [3.63, 3.8) is 0 Å². The zero-order chi connectivity index (χ0) is 25.0. The standard InChI is InChI=1S/C23H26F3NO7/c1-27(21-19(30)17(28)18(29)20(34-21)22(31)32)12-11-16(13-5-3-2-4-6-13)33-15-9-7-14(8-10-15)23(24,25)26/h2-10,16-21,28-30H,11-12H2,1H3,(H,31,32).